The van der Waals surface area contributed by atoms with Gasteiger partial charge in [0.05, 0.1) is 12.0 Å². The van der Waals surface area contributed by atoms with E-state index < -0.39 is 0 Å². The summed E-state index contributed by atoms with van der Waals surface area (Å²) in [7, 11) is 0. The highest BCUT2D eigenvalue weighted by Crippen LogP contribution is 2.24. The van der Waals surface area contributed by atoms with Gasteiger partial charge in [0.25, 0.3) is 0 Å². The highest BCUT2D eigenvalue weighted by molar-refractivity contribution is 4.95. The number of rotatable bonds is 5. The second-order valence-corrected chi connectivity index (χ2v) is 4.56. The Balaban J connectivity index is 2.31. The molecule has 0 bridgehead atoms. The molecule has 1 aliphatic carbocycles. The first kappa shape index (κ1) is 12.5. The van der Waals surface area contributed by atoms with E-state index in [2.05, 4.69) is 18.3 Å². The number of aliphatic hydroxyl groups excluding tert-OH is 1. The molecule has 3 nitrogen and oxygen atoms in total. The molecule has 2 N–H and O–H groups in total. The van der Waals surface area contributed by atoms with Gasteiger partial charge in [-0.25, -0.2) is 0 Å². The fraction of sp³-hybridized carbons (Fsp3) is 0.917. The van der Waals surface area contributed by atoms with E-state index in [1.807, 2.05) is 0 Å². The van der Waals surface area contributed by atoms with Crippen molar-refractivity contribution >= 4 is 0 Å². The summed E-state index contributed by atoms with van der Waals surface area (Å²) in [5.41, 5.74) is 0. The summed E-state index contributed by atoms with van der Waals surface area (Å²) in [5.74, 6) is 0.190. The second kappa shape index (κ2) is 6.81. The molecule has 0 radical (unpaired) electrons. The van der Waals surface area contributed by atoms with Gasteiger partial charge in [0.15, 0.2) is 0 Å². The molecule has 1 aliphatic rings. The van der Waals surface area contributed by atoms with Crippen LogP contribution in [0.3, 0.4) is 0 Å². The molecule has 15 heavy (non-hydrogen) atoms. The fourth-order valence-corrected chi connectivity index (χ4v) is 2.33. The molecule has 1 fully saturated rings. The number of aliphatic hydroxyl groups is 1. The van der Waals surface area contributed by atoms with E-state index in [4.69, 9.17) is 10.4 Å². The smallest absolute Gasteiger partial charge is 0.0672 e. The Morgan fingerprint density at radius 1 is 1.47 bits per heavy atom. The molecule has 0 heterocycles. The molecule has 1 saturated carbocycles. The van der Waals surface area contributed by atoms with E-state index >= 15 is 0 Å². The Bertz CT molecular complexity index is 212. The summed E-state index contributed by atoms with van der Waals surface area (Å²) < 4.78 is 0. The van der Waals surface area contributed by atoms with Crippen LogP contribution in [0.2, 0.25) is 0 Å². The van der Waals surface area contributed by atoms with Gasteiger partial charge in [-0.05, 0) is 32.6 Å². The zero-order valence-corrected chi connectivity index (χ0v) is 9.58. The van der Waals surface area contributed by atoms with Crippen molar-refractivity contribution in [1.82, 2.24) is 5.32 Å². The average molecular weight is 210 g/mol. The Labute approximate surface area is 92.5 Å². The van der Waals surface area contributed by atoms with Gasteiger partial charge in [0.2, 0.25) is 0 Å². The predicted octanol–water partition coefficient (Wildman–Crippen LogP) is 1.82. The van der Waals surface area contributed by atoms with Crippen LogP contribution in [0.1, 0.15) is 45.4 Å². The lowest BCUT2D eigenvalue weighted by atomic mass is 9.85. The molecule has 0 saturated heterocycles. The molecule has 0 aromatic carbocycles. The third-order valence-corrected chi connectivity index (χ3v) is 3.23. The summed E-state index contributed by atoms with van der Waals surface area (Å²) in [6, 6.07) is 3.19. The van der Waals surface area contributed by atoms with Crippen molar-refractivity contribution in [3.05, 3.63) is 0 Å². The summed E-state index contributed by atoms with van der Waals surface area (Å²) in [5, 5.41) is 21.3. The molecule has 0 aromatic rings. The molecule has 0 aromatic heterocycles. The lowest BCUT2D eigenvalue weighted by Crippen LogP contribution is -2.42. The van der Waals surface area contributed by atoms with E-state index in [0.717, 1.165) is 25.7 Å². The quantitative estimate of drug-likeness (QED) is 0.727. The van der Waals surface area contributed by atoms with E-state index in [0.29, 0.717) is 12.1 Å². The minimum Gasteiger partial charge on any atom is -0.396 e. The van der Waals surface area contributed by atoms with Gasteiger partial charge >= 0.3 is 0 Å². The van der Waals surface area contributed by atoms with E-state index in [1.54, 1.807) is 0 Å². The highest BCUT2D eigenvalue weighted by Gasteiger charge is 2.25. The van der Waals surface area contributed by atoms with E-state index in [-0.39, 0.29) is 12.5 Å². The monoisotopic (exact) mass is 210 g/mol. The van der Waals surface area contributed by atoms with E-state index in [1.165, 1.54) is 12.8 Å². The largest absolute Gasteiger partial charge is 0.396 e. The number of hydrogen-bond donors (Lipinski definition) is 2. The minimum atomic E-state index is 0.190. The molecule has 3 atom stereocenters. The Kier molecular flexibility index (Phi) is 5.67. The maximum Gasteiger partial charge on any atom is 0.0672 e. The van der Waals surface area contributed by atoms with Crippen LogP contribution < -0.4 is 5.32 Å². The van der Waals surface area contributed by atoms with Gasteiger partial charge < -0.3 is 10.4 Å². The van der Waals surface area contributed by atoms with Crippen LogP contribution in [-0.2, 0) is 0 Å². The molecule has 3 unspecified atom stereocenters. The summed E-state index contributed by atoms with van der Waals surface area (Å²) >= 11 is 0. The number of nitrogens with one attached hydrogen (secondary N) is 1. The van der Waals surface area contributed by atoms with E-state index in [9.17, 15) is 0 Å². The third-order valence-electron chi connectivity index (χ3n) is 3.23. The molecule has 0 spiro atoms. The van der Waals surface area contributed by atoms with Gasteiger partial charge in [0.1, 0.15) is 0 Å². The first-order chi connectivity index (χ1) is 7.27. The first-order valence-corrected chi connectivity index (χ1v) is 6.04. The van der Waals surface area contributed by atoms with Crippen molar-refractivity contribution in [2.75, 3.05) is 6.61 Å². The van der Waals surface area contributed by atoms with Crippen LogP contribution in [0.25, 0.3) is 0 Å². The van der Waals surface area contributed by atoms with Gasteiger partial charge in [-0.2, -0.15) is 5.26 Å². The molecule has 0 amide bonds. The van der Waals surface area contributed by atoms with Crippen LogP contribution >= 0.6 is 0 Å². The Hall–Kier alpha value is -0.590. The van der Waals surface area contributed by atoms with Gasteiger partial charge in [0, 0.05) is 18.7 Å². The van der Waals surface area contributed by atoms with Crippen LogP contribution in [0.15, 0.2) is 0 Å². The molecular formula is C12H22N2O. The van der Waals surface area contributed by atoms with Crippen molar-refractivity contribution in [2.24, 2.45) is 5.92 Å². The van der Waals surface area contributed by atoms with Crippen molar-refractivity contribution in [3.8, 4) is 6.07 Å². The van der Waals surface area contributed by atoms with Crippen molar-refractivity contribution in [1.29, 1.82) is 5.26 Å². The second-order valence-electron chi connectivity index (χ2n) is 4.56. The highest BCUT2D eigenvalue weighted by atomic mass is 16.2. The van der Waals surface area contributed by atoms with Gasteiger partial charge in [-0.15, -0.1) is 0 Å². The average Bonchev–Trinajstić information content (AvgIpc) is 2.27. The normalized spacial score (nSPS) is 28.3. The number of hydrogen-bond acceptors (Lipinski definition) is 3. The molecule has 3 heteroatoms. The Morgan fingerprint density at radius 2 is 2.20 bits per heavy atom. The molecule has 86 valence electrons. The third kappa shape index (κ3) is 4.19. The first-order valence-electron chi connectivity index (χ1n) is 6.04. The molecular weight excluding hydrogens is 188 g/mol. The van der Waals surface area contributed by atoms with Crippen molar-refractivity contribution in [3.63, 3.8) is 0 Å². The Morgan fingerprint density at radius 3 is 2.87 bits per heavy atom. The van der Waals surface area contributed by atoms with Crippen LogP contribution in [-0.4, -0.2) is 23.8 Å². The van der Waals surface area contributed by atoms with Crippen LogP contribution in [0, 0.1) is 17.2 Å². The number of nitriles is 1. The lowest BCUT2D eigenvalue weighted by Gasteiger charge is -2.30. The summed E-state index contributed by atoms with van der Waals surface area (Å²) in [4.78, 5) is 0. The molecule has 1 rings (SSSR count). The predicted molar refractivity (Wildman–Crippen MR) is 60.3 cm³/mol. The standard InChI is InChI=1S/C12H22N2O/c1-10(5-4-8-15)14-12-7-3-2-6-11(12)9-13/h10-12,14-15H,2-8H2,1H3. The van der Waals surface area contributed by atoms with Crippen LogP contribution in [0.5, 0.6) is 0 Å². The zero-order valence-electron chi connectivity index (χ0n) is 9.58. The van der Waals surface area contributed by atoms with Crippen molar-refractivity contribution < 1.29 is 5.11 Å². The SMILES string of the molecule is CC(CCCO)NC1CCCCC1C#N. The van der Waals surface area contributed by atoms with Crippen LogP contribution in [0.4, 0.5) is 0 Å². The van der Waals surface area contributed by atoms with Gasteiger partial charge in [-0.1, -0.05) is 12.8 Å². The van der Waals surface area contributed by atoms with Gasteiger partial charge in [-0.3, -0.25) is 0 Å². The topological polar surface area (TPSA) is 56.0 Å². The lowest BCUT2D eigenvalue weighted by molar-refractivity contribution is 0.255. The maximum absolute atomic E-state index is 9.02. The fourth-order valence-electron chi connectivity index (χ4n) is 2.33. The van der Waals surface area contributed by atoms with Crippen molar-refractivity contribution in [2.45, 2.75) is 57.5 Å². The maximum atomic E-state index is 9.02. The minimum absolute atomic E-state index is 0.190. The summed E-state index contributed by atoms with van der Waals surface area (Å²) in [6.07, 6.45) is 6.44. The summed E-state index contributed by atoms with van der Waals surface area (Å²) in [6.45, 7) is 2.40. The number of nitrogens with zero attached hydrogens (tertiary/aromatic N) is 1. The molecule has 0 aliphatic heterocycles. The zero-order chi connectivity index (χ0) is 11.1.